The number of hydrogen-bond donors (Lipinski definition) is 1. The minimum atomic E-state index is -0.0974. The summed E-state index contributed by atoms with van der Waals surface area (Å²) >= 11 is 5.92. The van der Waals surface area contributed by atoms with Gasteiger partial charge in [0.05, 0.1) is 0 Å². The van der Waals surface area contributed by atoms with Crippen LogP contribution in [0, 0.1) is 0 Å². The summed E-state index contributed by atoms with van der Waals surface area (Å²) in [5.74, 6) is -0.115. The fourth-order valence-corrected chi connectivity index (χ4v) is 2.81. The van der Waals surface area contributed by atoms with Gasteiger partial charge in [0.1, 0.15) is 5.78 Å². The molecule has 1 heterocycles. The molecule has 1 fully saturated rings. The van der Waals surface area contributed by atoms with E-state index in [-0.39, 0.29) is 36.5 Å². The Balaban J connectivity index is 1.80. The first-order valence-electron chi connectivity index (χ1n) is 7.79. The van der Waals surface area contributed by atoms with Crippen LogP contribution in [-0.4, -0.2) is 41.6 Å². The number of halogens is 1. The van der Waals surface area contributed by atoms with Gasteiger partial charge in [-0.15, -0.1) is 0 Å². The summed E-state index contributed by atoms with van der Waals surface area (Å²) in [4.78, 5) is 36.8. The number of rotatable bonds is 5. The van der Waals surface area contributed by atoms with E-state index in [1.54, 1.807) is 29.2 Å². The first kappa shape index (κ1) is 17.5. The van der Waals surface area contributed by atoms with Crippen LogP contribution in [0.1, 0.15) is 43.0 Å². The van der Waals surface area contributed by atoms with Crippen molar-refractivity contribution in [2.75, 3.05) is 13.1 Å². The van der Waals surface area contributed by atoms with Crippen LogP contribution in [0.3, 0.4) is 0 Å². The topological polar surface area (TPSA) is 66.5 Å². The minimum absolute atomic E-state index is 0.0158. The molecule has 2 amide bonds. The van der Waals surface area contributed by atoms with Gasteiger partial charge in [0, 0.05) is 42.6 Å². The smallest absolute Gasteiger partial charge is 0.253 e. The maximum Gasteiger partial charge on any atom is 0.253 e. The number of carbonyl (C=O) groups is 3. The molecule has 23 heavy (non-hydrogen) atoms. The Morgan fingerprint density at radius 2 is 1.91 bits per heavy atom. The van der Waals surface area contributed by atoms with E-state index in [2.05, 4.69) is 5.32 Å². The second kappa shape index (κ2) is 8.11. The molecule has 5 nitrogen and oxygen atoms in total. The van der Waals surface area contributed by atoms with Crippen molar-refractivity contribution in [3.05, 3.63) is 34.9 Å². The number of nitrogens with one attached hydrogen (secondary N) is 1. The quantitative estimate of drug-likeness (QED) is 0.898. The van der Waals surface area contributed by atoms with Gasteiger partial charge in [0.25, 0.3) is 5.91 Å². The largest absolute Gasteiger partial charge is 0.353 e. The molecule has 0 radical (unpaired) electrons. The maximum atomic E-state index is 12.4. The summed E-state index contributed by atoms with van der Waals surface area (Å²) in [6.07, 6.45) is 1.95. The molecule has 1 saturated heterocycles. The zero-order chi connectivity index (χ0) is 16.8. The Morgan fingerprint density at radius 1 is 1.22 bits per heavy atom. The van der Waals surface area contributed by atoms with Crippen LogP contribution in [0.15, 0.2) is 24.3 Å². The first-order chi connectivity index (χ1) is 11.0. The lowest BCUT2D eigenvalue weighted by atomic mass is 10.0. The molecule has 6 heteroatoms. The zero-order valence-corrected chi connectivity index (χ0v) is 13.9. The summed E-state index contributed by atoms with van der Waals surface area (Å²) in [5.41, 5.74) is 0.585. The van der Waals surface area contributed by atoms with Crippen LogP contribution in [0.25, 0.3) is 0 Å². The van der Waals surface area contributed by atoms with E-state index in [1.165, 1.54) is 6.92 Å². The number of Topliss-reactive ketones (excluding diaryl/α,β-unsaturated/α-hetero) is 1. The van der Waals surface area contributed by atoms with Gasteiger partial charge in [-0.1, -0.05) is 17.7 Å². The standard InChI is InChI=1S/C17H21ClN2O3/c1-12(21)5-6-16(22)19-15-7-9-20(10-8-15)17(23)13-3-2-4-14(18)11-13/h2-4,11,15H,5-10H2,1H3,(H,19,22). The van der Waals surface area contributed by atoms with Crippen LogP contribution in [-0.2, 0) is 9.59 Å². The molecule has 0 saturated carbocycles. The molecule has 1 aliphatic rings. The molecule has 0 spiro atoms. The monoisotopic (exact) mass is 336 g/mol. The molecule has 2 rings (SSSR count). The molecule has 1 aromatic rings. The molecule has 0 aromatic heterocycles. The van der Waals surface area contributed by atoms with E-state index in [0.717, 1.165) is 12.8 Å². The van der Waals surface area contributed by atoms with Crippen LogP contribution in [0.5, 0.6) is 0 Å². The number of likely N-dealkylation sites (tertiary alicyclic amines) is 1. The minimum Gasteiger partial charge on any atom is -0.353 e. The predicted molar refractivity (Wildman–Crippen MR) is 88.4 cm³/mol. The number of hydrogen-bond acceptors (Lipinski definition) is 3. The van der Waals surface area contributed by atoms with Gasteiger partial charge < -0.3 is 15.0 Å². The van der Waals surface area contributed by atoms with Gasteiger partial charge >= 0.3 is 0 Å². The van der Waals surface area contributed by atoms with Crippen molar-refractivity contribution in [3.8, 4) is 0 Å². The van der Waals surface area contributed by atoms with Crippen LogP contribution >= 0.6 is 11.6 Å². The second-order valence-electron chi connectivity index (χ2n) is 5.85. The van der Waals surface area contributed by atoms with Crippen molar-refractivity contribution >= 4 is 29.2 Å². The Labute approximate surface area is 141 Å². The number of amides is 2. The normalized spacial score (nSPS) is 15.3. The molecular formula is C17H21ClN2O3. The van der Waals surface area contributed by atoms with E-state index < -0.39 is 0 Å². The fraction of sp³-hybridized carbons (Fsp3) is 0.471. The fourth-order valence-electron chi connectivity index (χ4n) is 2.62. The Bertz CT molecular complexity index is 595. The van der Waals surface area contributed by atoms with Gasteiger partial charge in [-0.2, -0.15) is 0 Å². The number of ketones is 1. The Morgan fingerprint density at radius 3 is 2.52 bits per heavy atom. The van der Waals surface area contributed by atoms with E-state index in [0.29, 0.717) is 23.7 Å². The van der Waals surface area contributed by atoms with Crippen LogP contribution in [0.2, 0.25) is 5.02 Å². The van der Waals surface area contributed by atoms with E-state index in [9.17, 15) is 14.4 Å². The third-order valence-corrected chi connectivity index (χ3v) is 4.16. The van der Waals surface area contributed by atoms with Crippen molar-refractivity contribution in [1.82, 2.24) is 10.2 Å². The SMILES string of the molecule is CC(=O)CCC(=O)NC1CCN(C(=O)c2cccc(Cl)c2)CC1. The van der Waals surface area contributed by atoms with Gasteiger partial charge in [0.15, 0.2) is 0 Å². The number of piperidine rings is 1. The summed E-state index contributed by atoms with van der Waals surface area (Å²) in [5, 5.41) is 3.48. The molecular weight excluding hydrogens is 316 g/mol. The molecule has 1 aliphatic heterocycles. The molecule has 0 atom stereocenters. The summed E-state index contributed by atoms with van der Waals surface area (Å²) < 4.78 is 0. The Hall–Kier alpha value is -1.88. The highest BCUT2D eigenvalue weighted by Gasteiger charge is 2.24. The van der Waals surface area contributed by atoms with Crippen LogP contribution in [0.4, 0.5) is 0 Å². The predicted octanol–water partition coefficient (Wildman–Crippen LogP) is 2.43. The highest BCUT2D eigenvalue weighted by atomic mass is 35.5. The third kappa shape index (κ3) is 5.36. The zero-order valence-electron chi connectivity index (χ0n) is 13.2. The van der Waals surface area contributed by atoms with Gasteiger partial charge in [-0.25, -0.2) is 0 Å². The highest BCUT2D eigenvalue weighted by molar-refractivity contribution is 6.30. The van der Waals surface area contributed by atoms with Crippen LogP contribution < -0.4 is 5.32 Å². The van der Waals surface area contributed by atoms with Crippen molar-refractivity contribution in [2.24, 2.45) is 0 Å². The third-order valence-electron chi connectivity index (χ3n) is 3.92. The number of nitrogens with zero attached hydrogens (tertiary/aromatic N) is 1. The average Bonchev–Trinajstić information content (AvgIpc) is 2.53. The highest BCUT2D eigenvalue weighted by Crippen LogP contribution is 2.17. The van der Waals surface area contributed by atoms with Gasteiger partial charge in [-0.05, 0) is 38.0 Å². The van der Waals surface area contributed by atoms with Gasteiger partial charge in [-0.3, -0.25) is 9.59 Å². The van der Waals surface area contributed by atoms with E-state index in [1.807, 2.05) is 0 Å². The lowest BCUT2D eigenvalue weighted by Crippen LogP contribution is -2.46. The maximum absolute atomic E-state index is 12.4. The summed E-state index contributed by atoms with van der Waals surface area (Å²) in [6, 6.07) is 6.99. The Kier molecular flexibility index (Phi) is 6.16. The molecule has 0 aliphatic carbocycles. The molecule has 0 unspecified atom stereocenters. The van der Waals surface area contributed by atoms with E-state index in [4.69, 9.17) is 11.6 Å². The number of carbonyl (C=O) groups excluding carboxylic acids is 3. The lowest BCUT2D eigenvalue weighted by molar-refractivity contribution is -0.125. The van der Waals surface area contributed by atoms with Gasteiger partial charge in [0.2, 0.25) is 5.91 Å². The average molecular weight is 337 g/mol. The molecule has 1 aromatic carbocycles. The second-order valence-corrected chi connectivity index (χ2v) is 6.28. The van der Waals surface area contributed by atoms with Crippen molar-refractivity contribution in [3.63, 3.8) is 0 Å². The molecule has 0 bridgehead atoms. The lowest BCUT2D eigenvalue weighted by Gasteiger charge is -2.32. The first-order valence-corrected chi connectivity index (χ1v) is 8.17. The summed E-state index contributed by atoms with van der Waals surface area (Å²) in [7, 11) is 0. The van der Waals surface area contributed by atoms with Crippen molar-refractivity contribution in [2.45, 2.75) is 38.6 Å². The summed E-state index contributed by atoms with van der Waals surface area (Å²) in [6.45, 7) is 2.68. The number of benzene rings is 1. The van der Waals surface area contributed by atoms with Crippen molar-refractivity contribution < 1.29 is 14.4 Å². The molecule has 1 N–H and O–H groups in total. The van der Waals surface area contributed by atoms with Crippen molar-refractivity contribution in [1.29, 1.82) is 0 Å². The van der Waals surface area contributed by atoms with E-state index >= 15 is 0 Å². The molecule has 124 valence electrons.